The van der Waals surface area contributed by atoms with Crippen LogP contribution in [0, 0.1) is 10.1 Å². The molecule has 4 nitrogen and oxygen atoms in total. The van der Waals surface area contributed by atoms with E-state index >= 15 is 0 Å². The van der Waals surface area contributed by atoms with Crippen molar-refractivity contribution in [1.29, 1.82) is 0 Å². The minimum absolute atomic E-state index is 0.169. The maximum absolute atomic E-state index is 10.9. The number of hydrogen-bond acceptors (Lipinski definition) is 3. The second-order valence-electron chi connectivity index (χ2n) is 3.85. The van der Waals surface area contributed by atoms with E-state index in [1.54, 1.807) is 18.3 Å². The first kappa shape index (κ1) is 11.0. The van der Waals surface area contributed by atoms with Crippen LogP contribution < -0.4 is 0 Å². The molecule has 2 rings (SSSR count). The highest BCUT2D eigenvalue weighted by Crippen LogP contribution is 2.31. The third kappa shape index (κ3) is 2.02. The summed E-state index contributed by atoms with van der Waals surface area (Å²) in [4.78, 5) is 12.4. The maximum atomic E-state index is 10.9. The van der Waals surface area contributed by atoms with Crippen LogP contribution in [0.25, 0.3) is 0 Å². The third-order valence-electron chi connectivity index (χ3n) is 2.66. The smallest absolute Gasteiger partial charge is 0.271 e. The number of hydrogen-bond donors (Lipinski definition) is 0. The zero-order valence-corrected chi connectivity index (χ0v) is 9.52. The fourth-order valence-electron chi connectivity index (χ4n) is 1.90. The first-order chi connectivity index (χ1) is 7.58. The van der Waals surface area contributed by atoms with Crippen molar-refractivity contribution in [1.82, 2.24) is 4.90 Å². The zero-order chi connectivity index (χ0) is 11.7. The van der Waals surface area contributed by atoms with Crippen LogP contribution in [-0.4, -0.2) is 23.4 Å². The summed E-state index contributed by atoms with van der Waals surface area (Å²) in [6, 6.07) is 7.19. The van der Waals surface area contributed by atoms with Crippen molar-refractivity contribution in [3.8, 4) is 0 Å². The molecule has 0 radical (unpaired) electrons. The van der Waals surface area contributed by atoms with Crippen molar-refractivity contribution in [2.75, 3.05) is 13.6 Å². The van der Waals surface area contributed by atoms with Gasteiger partial charge in [0, 0.05) is 18.6 Å². The van der Waals surface area contributed by atoms with Gasteiger partial charge in [0.05, 0.1) is 17.0 Å². The van der Waals surface area contributed by atoms with E-state index in [9.17, 15) is 10.1 Å². The summed E-state index contributed by atoms with van der Waals surface area (Å²) in [6.07, 6.45) is 1.58. The second-order valence-corrected chi connectivity index (χ2v) is 4.29. The van der Waals surface area contributed by atoms with Crippen molar-refractivity contribution >= 4 is 11.6 Å². The molecule has 0 aromatic heterocycles. The quantitative estimate of drug-likeness (QED) is 0.587. The molecule has 1 aromatic carbocycles. The molecule has 0 saturated heterocycles. The van der Waals surface area contributed by atoms with Crippen molar-refractivity contribution < 1.29 is 4.92 Å². The fourth-order valence-corrected chi connectivity index (χ4v) is 2.02. The minimum atomic E-state index is -0.317. The number of nitrogens with zero attached hydrogens (tertiary/aromatic N) is 2. The third-order valence-corrected chi connectivity index (χ3v) is 2.92. The van der Waals surface area contributed by atoms with E-state index in [0.717, 1.165) is 5.56 Å². The van der Waals surface area contributed by atoms with Gasteiger partial charge in [-0.15, -0.1) is 0 Å². The molecular formula is C11H11ClN2O2. The van der Waals surface area contributed by atoms with Gasteiger partial charge in [-0.2, -0.15) is 0 Å². The van der Waals surface area contributed by atoms with E-state index < -0.39 is 0 Å². The first-order valence-corrected chi connectivity index (χ1v) is 5.27. The standard InChI is InChI=1S/C11H11ClN2O2/c1-13-6-10(11(7-13)14(15)16)8-2-4-9(12)5-3-8/h2-5,7,10H,6H2,1H3. The molecule has 0 amide bonds. The number of nitro groups is 1. The number of halogens is 1. The molecule has 1 aromatic rings. The second kappa shape index (κ2) is 4.14. The van der Waals surface area contributed by atoms with Crippen LogP contribution in [0.3, 0.4) is 0 Å². The van der Waals surface area contributed by atoms with E-state index in [-0.39, 0.29) is 16.5 Å². The summed E-state index contributed by atoms with van der Waals surface area (Å²) in [6.45, 7) is 0.637. The highest BCUT2D eigenvalue weighted by molar-refractivity contribution is 6.30. The molecule has 5 heteroatoms. The highest BCUT2D eigenvalue weighted by Gasteiger charge is 2.32. The van der Waals surface area contributed by atoms with Gasteiger partial charge in [-0.3, -0.25) is 10.1 Å². The predicted octanol–water partition coefficient (Wildman–Crippen LogP) is 2.49. The van der Waals surface area contributed by atoms with Crippen molar-refractivity contribution in [3.63, 3.8) is 0 Å². The lowest BCUT2D eigenvalue weighted by molar-refractivity contribution is -0.428. The van der Waals surface area contributed by atoms with E-state index in [1.165, 1.54) is 0 Å². The Morgan fingerprint density at radius 3 is 2.62 bits per heavy atom. The van der Waals surface area contributed by atoms with E-state index in [1.807, 2.05) is 24.1 Å². The van der Waals surface area contributed by atoms with Crippen LogP contribution in [0.2, 0.25) is 5.02 Å². The number of likely N-dealkylation sites (N-methyl/N-ethyl adjacent to an activating group) is 1. The van der Waals surface area contributed by atoms with Crippen LogP contribution >= 0.6 is 11.6 Å². The molecule has 0 saturated carbocycles. The lowest BCUT2D eigenvalue weighted by Crippen LogP contribution is -2.13. The van der Waals surface area contributed by atoms with Crippen LogP contribution in [0.1, 0.15) is 11.5 Å². The molecule has 0 spiro atoms. The van der Waals surface area contributed by atoms with E-state index in [4.69, 9.17) is 11.6 Å². The Morgan fingerprint density at radius 1 is 1.44 bits per heavy atom. The molecule has 0 bridgehead atoms. The Hall–Kier alpha value is -1.55. The lowest BCUT2D eigenvalue weighted by Gasteiger charge is -2.11. The summed E-state index contributed by atoms with van der Waals surface area (Å²) in [5, 5.41) is 11.5. The largest absolute Gasteiger partial charge is 0.374 e. The molecule has 0 fully saturated rings. The highest BCUT2D eigenvalue weighted by atomic mass is 35.5. The fraction of sp³-hybridized carbons (Fsp3) is 0.273. The predicted molar refractivity (Wildman–Crippen MR) is 61.9 cm³/mol. The van der Waals surface area contributed by atoms with Gasteiger partial charge in [0.15, 0.2) is 0 Å². The molecule has 16 heavy (non-hydrogen) atoms. The average molecular weight is 239 g/mol. The first-order valence-electron chi connectivity index (χ1n) is 4.90. The average Bonchev–Trinajstić information content (AvgIpc) is 2.61. The van der Waals surface area contributed by atoms with Gasteiger partial charge in [-0.05, 0) is 17.7 Å². The molecule has 1 aliphatic rings. The van der Waals surface area contributed by atoms with Crippen LogP contribution in [0.15, 0.2) is 36.2 Å². The monoisotopic (exact) mass is 238 g/mol. The molecule has 1 heterocycles. The summed E-state index contributed by atoms with van der Waals surface area (Å²) >= 11 is 5.79. The summed E-state index contributed by atoms with van der Waals surface area (Å²) in [5.41, 5.74) is 1.17. The Morgan fingerprint density at radius 2 is 2.06 bits per heavy atom. The van der Waals surface area contributed by atoms with Gasteiger partial charge in [0.25, 0.3) is 5.70 Å². The lowest BCUT2D eigenvalue weighted by atomic mass is 9.98. The maximum Gasteiger partial charge on any atom is 0.271 e. The summed E-state index contributed by atoms with van der Waals surface area (Å²) < 4.78 is 0. The van der Waals surface area contributed by atoms with Gasteiger partial charge in [0.1, 0.15) is 0 Å². The van der Waals surface area contributed by atoms with Crippen molar-refractivity contribution in [3.05, 3.63) is 56.9 Å². The zero-order valence-electron chi connectivity index (χ0n) is 8.76. The molecule has 1 aliphatic heterocycles. The minimum Gasteiger partial charge on any atom is -0.374 e. The van der Waals surface area contributed by atoms with Crippen molar-refractivity contribution in [2.45, 2.75) is 5.92 Å². The Balaban J connectivity index is 2.31. The van der Waals surface area contributed by atoms with Gasteiger partial charge < -0.3 is 4.90 Å². The molecule has 84 valence electrons. The Labute approximate surface area is 98.3 Å². The molecular weight excluding hydrogens is 228 g/mol. The molecule has 1 atom stereocenters. The topological polar surface area (TPSA) is 46.4 Å². The van der Waals surface area contributed by atoms with Crippen LogP contribution in [-0.2, 0) is 0 Å². The summed E-state index contributed by atoms with van der Waals surface area (Å²) in [5.74, 6) is -0.169. The Bertz CT molecular complexity index is 442. The molecule has 1 unspecified atom stereocenters. The van der Waals surface area contributed by atoms with E-state index in [0.29, 0.717) is 11.6 Å². The van der Waals surface area contributed by atoms with Crippen LogP contribution in [0.4, 0.5) is 0 Å². The van der Waals surface area contributed by atoms with Gasteiger partial charge >= 0.3 is 0 Å². The van der Waals surface area contributed by atoms with Gasteiger partial charge in [0.2, 0.25) is 0 Å². The van der Waals surface area contributed by atoms with Gasteiger partial charge in [-0.25, -0.2) is 0 Å². The Kier molecular flexibility index (Phi) is 2.83. The van der Waals surface area contributed by atoms with Gasteiger partial charge in [-0.1, -0.05) is 23.7 Å². The summed E-state index contributed by atoms with van der Waals surface area (Å²) in [7, 11) is 1.83. The van der Waals surface area contributed by atoms with Crippen molar-refractivity contribution in [2.24, 2.45) is 0 Å². The SMILES string of the molecule is CN1C=C([N+](=O)[O-])C(c2ccc(Cl)cc2)C1. The van der Waals surface area contributed by atoms with E-state index in [2.05, 4.69) is 0 Å². The number of rotatable bonds is 2. The normalized spacial score (nSPS) is 19.8. The molecule has 0 N–H and O–H groups in total. The van der Waals surface area contributed by atoms with Crippen LogP contribution in [0.5, 0.6) is 0 Å². The number of benzene rings is 1. The molecule has 0 aliphatic carbocycles.